The van der Waals surface area contributed by atoms with E-state index < -0.39 is 24.0 Å². The topological polar surface area (TPSA) is 116 Å². The van der Waals surface area contributed by atoms with Crippen LogP contribution in [-0.4, -0.2) is 35.7 Å². The third-order valence-corrected chi connectivity index (χ3v) is 1.36. The fourth-order valence-electron chi connectivity index (χ4n) is 0.541. The molecule has 0 fully saturated rings. The summed E-state index contributed by atoms with van der Waals surface area (Å²) in [6.07, 6.45) is 0.0911. The Morgan fingerprint density at radius 3 is 2.38 bits per heavy atom. The monoisotopic (exact) mass is 190 g/mol. The van der Waals surface area contributed by atoms with Gasteiger partial charge in [0.1, 0.15) is 12.1 Å². The molecule has 0 aliphatic rings. The van der Waals surface area contributed by atoms with Crippen LogP contribution in [0.5, 0.6) is 0 Å². The minimum Gasteiger partial charge on any atom is -0.480 e. The molecule has 0 aliphatic heterocycles. The van der Waals surface area contributed by atoms with Gasteiger partial charge in [0, 0.05) is 6.42 Å². The van der Waals surface area contributed by atoms with Crippen molar-refractivity contribution in [3.63, 3.8) is 0 Å². The van der Waals surface area contributed by atoms with Gasteiger partial charge in [0.25, 0.3) is 0 Å². The lowest BCUT2D eigenvalue weighted by Gasteiger charge is -2.08. The van der Waals surface area contributed by atoms with Crippen molar-refractivity contribution < 1.29 is 19.4 Å². The Kier molecular flexibility index (Phi) is 5.01. The Hall–Kier alpha value is -1.14. The first-order valence-electron chi connectivity index (χ1n) is 3.85. The summed E-state index contributed by atoms with van der Waals surface area (Å²) in [4.78, 5) is 21.0. The zero-order chi connectivity index (χ0) is 10.4. The van der Waals surface area contributed by atoms with Gasteiger partial charge in [-0.05, 0) is 6.92 Å². The zero-order valence-corrected chi connectivity index (χ0v) is 7.40. The molecule has 6 heteroatoms. The van der Waals surface area contributed by atoms with Crippen molar-refractivity contribution in [1.82, 2.24) is 0 Å². The van der Waals surface area contributed by atoms with Crippen LogP contribution in [0.2, 0.25) is 0 Å². The van der Waals surface area contributed by atoms with Crippen LogP contribution in [-0.2, 0) is 14.3 Å². The summed E-state index contributed by atoms with van der Waals surface area (Å²) in [7, 11) is 0. The molecule has 13 heavy (non-hydrogen) atoms. The number of carboxylic acids is 1. The SMILES string of the molecule is C[C@H](N)C(=O)OCC[C@H](N)C(=O)O. The molecule has 0 radical (unpaired) electrons. The van der Waals surface area contributed by atoms with Gasteiger partial charge in [0.2, 0.25) is 0 Å². The lowest BCUT2D eigenvalue weighted by Crippen LogP contribution is -2.33. The zero-order valence-electron chi connectivity index (χ0n) is 7.40. The van der Waals surface area contributed by atoms with Crippen molar-refractivity contribution in [2.75, 3.05) is 6.61 Å². The Labute approximate surface area is 75.8 Å². The number of nitrogens with two attached hydrogens (primary N) is 2. The van der Waals surface area contributed by atoms with E-state index in [0.29, 0.717) is 0 Å². The minimum absolute atomic E-state index is 0.0200. The molecule has 0 aromatic rings. The van der Waals surface area contributed by atoms with E-state index in [1.807, 2.05) is 0 Å². The fraction of sp³-hybridized carbons (Fsp3) is 0.714. The number of carbonyl (C=O) groups excluding carboxylic acids is 1. The predicted molar refractivity (Wildman–Crippen MR) is 44.8 cm³/mol. The van der Waals surface area contributed by atoms with E-state index in [0.717, 1.165) is 0 Å². The van der Waals surface area contributed by atoms with Gasteiger partial charge in [-0.15, -0.1) is 0 Å². The lowest BCUT2D eigenvalue weighted by molar-refractivity contribution is -0.146. The van der Waals surface area contributed by atoms with Crippen molar-refractivity contribution in [3.8, 4) is 0 Å². The Balaban J connectivity index is 3.56. The molecule has 0 aromatic heterocycles. The molecule has 0 amide bonds. The molecule has 6 nitrogen and oxygen atoms in total. The Bertz CT molecular complexity index is 193. The van der Waals surface area contributed by atoms with Gasteiger partial charge in [-0.2, -0.15) is 0 Å². The van der Waals surface area contributed by atoms with Crippen molar-refractivity contribution in [3.05, 3.63) is 0 Å². The summed E-state index contributed by atoms with van der Waals surface area (Å²) in [6.45, 7) is 1.47. The average Bonchev–Trinajstić information content (AvgIpc) is 2.03. The summed E-state index contributed by atoms with van der Waals surface area (Å²) in [5, 5.41) is 8.37. The van der Waals surface area contributed by atoms with Crippen LogP contribution in [0.3, 0.4) is 0 Å². The third kappa shape index (κ3) is 5.15. The largest absolute Gasteiger partial charge is 0.480 e. The van der Waals surface area contributed by atoms with E-state index in [2.05, 4.69) is 4.74 Å². The maximum absolute atomic E-state index is 10.8. The first kappa shape index (κ1) is 11.9. The number of esters is 1. The van der Waals surface area contributed by atoms with Crippen LogP contribution in [0.1, 0.15) is 13.3 Å². The highest BCUT2D eigenvalue weighted by Crippen LogP contribution is 1.91. The van der Waals surface area contributed by atoms with Gasteiger partial charge in [-0.25, -0.2) is 0 Å². The summed E-state index contributed by atoms with van der Waals surface area (Å²) < 4.78 is 4.62. The van der Waals surface area contributed by atoms with Crippen LogP contribution >= 0.6 is 0 Å². The van der Waals surface area contributed by atoms with Crippen LogP contribution in [0.25, 0.3) is 0 Å². The van der Waals surface area contributed by atoms with E-state index in [9.17, 15) is 9.59 Å². The van der Waals surface area contributed by atoms with Crippen molar-refractivity contribution in [2.24, 2.45) is 11.5 Å². The van der Waals surface area contributed by atoms with Gasteiger partial charge in [-0.3, -0.25) is 9.59 Å². The minimum atomic E-state index is -1.11. The van der Waals surface area contributed by atoms with Gasteiger partial charge in [0.05, 0.1) is 6.61 Å². The third-order valence-electron chi connectivity index (χ3n) is 1.36. The molecule has 0 heterocycles. The number of ether oxygens (including phenoxy) is 1. The molecular formula is C7H14N2O4. The van der Waals surface area contributed by atoms with Gasteiger partial charge in [0.15, 0.2) is 0 Å². The molecule has 0 saturated carbocycles. The quantitative estimate of drug-likeness (QED) is 0.463. The maximum Gasteiger partial charge on any atom is 0.322 e. The lowest BCUT2D eigenvalue weighted by atomic mass is 10.2. The Morgan fingerprint density at radius 1 is 1.46 bits per heavy atom. The molecule has 76 valence electrons. The molecule has 0 aromatic carbocycles. The van der Waals surface area contributed by atoms with E-state index in [1.165, 1.54) is 6.92 Å². The second kappa shape index (κ2) is 5.50. The van der Waals surface area contributed by atoms with Crippen LogP contribution in [0, 0.1) is 0 Å². The molecular weight excluding hydrogens is 176 g/mol. The van der Waals surface area contributed by atoms with Gasteiger partial charge < -0.3 is 21.3 Å². The highest BCUT2D eigenvalue weighted by atomic mass is 16.5. The van der Waals surface area contributed by atoms with Crippen molar-refractivity contribution in [1.29, 1.82) is 0 Å². The van der Waals surface area contributed by atoms with Crippen LogP contribution in [0.15, 0.2) is 0 Å². The second-order valence-electron chi connectivity index (χ2n) is 2.69. The van der Waals surface area contributed by atoms with Crippen molar-refractivity contribution >= 4 is 11.9 Å². The van der Waals surface area contributed by atoms with E-state index in [-0.39, 0.29) is 13.0 Å². The first-order valence-corrected chi connectivity index (χ1v) is 3.85. The molecule has 0 spiro atoms. The number of carboxylic acid groups (broad SMARTS) is 1. The number of aliphatic carboxylic acids is 1. The summed E-state index contributed by atoms with van der Waals surface area (Å²) in [5.41, 5.74) is 10.3. The summed E-state index contributed by atoms with van der Waals surface area (Å²) in [6, 6.07) is -1.69. The second-order valence-corrected chi connectivity index (χ2v) is 2.69. The molecule has 0 saturated heterocycles. The smallest absolute Gasteiger partial charge is 0.322 e. The van der Waals surface area contributed by atoms with E-state index >= 15 is 0 Å². The average molecular weight is 190 g/mol. The van der Waals surface area contributed by atoms with Crippen LogP contribution < -0.4 is 11.5 Å². The van der Waals surface area contributed by atoms with Crippen LogP contribution in [0.4, 0.5) is 0 Å². The molecule has 2 atom stereocenters. The number of hydrogen-bond acceptors (Lipinski definition) is 5. The van der Waals surface area contributed by atoms with E-state index in [1.54, 1.807) is 0 Å². The van der Waals surface area contributed by atoms with Gasteiger partial charge >= 0.3 is 11.9 Å². The molecule has 0 bridgehead atoms. The highest BCUT2D eigenvalue weighted by molar-refractivity contribution is 5.75. The highest BCUT2D eigenvalue weighted by Gasteiger charge is 2.13. The fourth-order valence-corrected chi connectivity index (χ4v) is 0.541. The Morgan fingerprint density at radius 2 is 2.00 bits per heavy atom. The van der Waals surface area contributed by atoms with Gasteiger partial charge in [-0.1, -0.05) is 0 Å². The maximum atomic E-state index is 10.8. The summed E-state index contributed by atoms with van der Waals surface area (Å²) >= 11 is 0. The molecule has 0 aliphatic carbocycles. The van der Waals surface area contributed by atoms with Crippen molar-refractivity contribution in [2.45, 2.75) is 25.4 Å². The van der Waals surface area contributed by atoms with E-state index in [4.69, 9.17) is 16.6 Å². The first-order chi connectivity index (χ1) is 5.95. The number of rotatable bonds is 5. The molecule has 5 N–H and O–H groups in total. The molecule has 0 unspecified atom stereocenters. The standard InChI is InChI=1S/C7H14N2O4/c1-4(8)7(12)13-3-2-5(9)6(10)11/h4-5H,2-3,8-9H2,1H3,(H,10,11)/t4-,5-/m0/s1. The normalized spacial score (nSPS) is 14.7. The summed E-state index contributed by atoms with van der Waals surface area (Å²) in [5.74, 6) is -1.67. The predicted octanol–water partition coefficient (Wildman–Crippen LogP) is -1.32. The number of carbonyl (C=O) groups is 2. The molecule has 0 rings (SSSR count). The number of hydrogen-bond donors (Lipinski definition) is 3.